The standard InChI is InChI=1S/C20H17BrN4O2S/c1-11-2-7-14-16(8-11)28-19-17(14)18-22-10-23-25(18)20(27)24(19)9-15(26)12-3-5-13(21)6-4-12/h3-6,10-11H,2,7-9H2,1H3/t11-/m1/s1. The van der Waals surface area contributed by atoms with Crippen LogP contribution in [0.5, 0.6) is 0 Å². The molecule has 1 atom stereocenters. The summed E-state index contributed by atoms with van der Waals surface area (Å²) in [6.07, 6.45) is 4.50. The lowest BCUT2D eigenvalue weighted by atomic mass is 9.89. The Bertz CT molecular complexity index is 1290. The monoisotopic (exact) mass is 456 g/mol. The highest BCUT2D eigenvalue weighted by Crippen LogP contribution is 2.39. The van der Waals surface area contributed by atoms with Crippen molar-refractivity contribution in [2.24, 2.45) is 5.92 Å². The van der Waals surface area contributed by atoms with E-state index in [1.54, 1.807) is 28.0 Å². The summed E-state index contributed by atoms with van der Waals surface area (Å²) in [7, 11) is 0. The number of benzene rings is 1. The summed E-state index contributed by atoms with van der Waals surface area (Å²) in [5.74, 6) is 0.522. The number of thiophene rings is 1. The number of hydrogen-bond acceptors (Lipinski definition) is 5. The van der Waals surface area contributed by atoms with Crippen LogP contribution in [-0.4, -0.2) is 24.9 Å². The highest BCUT2D eigenvalue weighted by atomic mass is 79.9. The fourth-order valence-electron chi connectivity index (χ4n) is 3.92. The maximum atomic E-state index is 13.1. The van der Waals surface area contributed by atoms with Crippen LogP contribution in [0.3, 0.4) is 0 Å². The first-order valence-corrected chi connectivity index (χ1v) is 10.8. The molecule has 3 aromatic heterocycles. The zero-order chi connectivity index (χ0) is 19.4. The second-order valence-corrected chi connectivity index (χ2v) is 9.33. The molecule has 142 valence electrons. The van der Waals surface area contributed by atoms with Crippen LogP contribution in [0.15, 0.2) is 39.9 Å². The summed E-state index contributed by atoms with van der Waals surface area (Å²) in [6, 6.07) is 7.20. The molecule has 0 saturated heterocycles. The molecule has 1 aliphatic rings. The van der Waals surface area contributed by atoms with E-state index >= 15 is 0 Å². The van der Waals surface area contributed by atoms with E-state index in [1.165, 1.54) is 21.3 Å². The lowest BCUT2D eigenvalue weighted by Gasteiger charge is -2.17. The van der Waals surface area contributed by atoms with Gasteiger partial charge in [0.1, 0.15) is 11.2 Å². The van der Waals surface area contributed by atoms with Gasteiger partial charge in [0.25, 0.3) is 0 Å². The first-order valence-electron chi connectivity index (χ1n) is 9.18. The van der Waals surface area contributed by atoms with Crippen LogP contribution in [0.2, 0.25) is 0 Å². The third-order valence-electron chi connectivity index (χ3n) is 5.39. The Morgan fingerprint density at radius 3 is 2.89 bits per heavy atom. The molecule has 28 heavy (non-hydrogen) atoms. The fraction of sp³-hybridized carbons (Fsp3) is 0.300. The van der Waals surface area contributed by atoms with E-state index in [-0.39, 0.29) is 18.0 Å². The van der Waals surface area contributed by atoms with Crippen LogP contribution in [0.25, 0.3) is 15.9 Å². The molecule has 0 saturated carbocycles. The minimum absolute atomic E-state index is 0.0122. The Labute approximate surface area is 173 Å². The molecule has 5 rings (SSSR count). The SMILES string of the molecule is C[C@@H]1CCc2c(sc3c2c2ncnn2c(=O)n3CC(=O)c2ccc(Br)cc2)C1. The van der Waals surface area contributed by atoms with Crippen molar-refractivity contribution < 1.29 is 4.79 Å². The highest BCUT2D eigenvalue weighted by Gasteiger charge is 2.26. The third-order valence-corrected chi connectivity index (χ3v) is 7.20. The molecule has 1 aliphatic carbocycles. The van der Waals surface area contributed by atoms with Gasteiger partial charge in [-0.05, 0) is 42.9 Å². The first-order chi connectivity index (χ1) is 13.5. The Hall–Kier alpha value is -2.32. The van der Waals surface area contributed by atoms with Gasteiger partial charge in [0.05, 0.1) is 11.9 Å². The van der Waals surface area contributed by atoms with Gasteiger partial charge in [-0.2, -0.15) is 9.61 Å². The number of aryl methyl sites for hydroxylation is 1. The Balaban J connectivity index is 1.71. The van der Waals surface area contributed by atoms with Crippen LogP contribution in [0, 0.1) is 5.92 Å². The van der Waals surface area contributed by atoms with Crippen LogP contribution in [0.1, 0.15) is 34.1 Å². The van der Waals surface area contributed by atoms with Gasteiger partial charge in [-0.25, -0.2) is 9.78 Å². The number of fused-ring (bicyclic) bond motifs is 5. The van der Waals surface area contributed by atoms with Gasteiger partial charge in [0.15, 0.2) is 11.4 Å². The fourth-order valence-corrected chi connectivity index (χ4v) is 5.68. The minimum Gasteiger partial charge on any atom is -0.292 e. The number of hydrogen-bond donors (Lipinski definition) is 0. The molecule has 6 nitrogen and oxygen atoms in total. The molecule has 3 heterocycles. The van der Waals surface area contributed by atoms with Crippen molar-refractivity contribution in [3.8, 4) is 0 Å². The second kappa shape index (κ2) is 6.63. The summed E-state index contributed by atoms with van der Waals surface area (Å²) < 4.78 is 3.80. The van der Waals surface area contributed by atoms with E-state index in [0.717, 1.165) is 34.0 Å². The molecule has 0 N–H and O–H groups in total. The molecule has 0 aliphatic heterocycles. The number of Topliss-reactive ketones (excluding diaryl/α,β-unsaturated/α-hetero) is 1. The summed E-state index contributed by atoms with van der Waals surface area (Å²) in [5, 5.41) is 5.10. The van der Waals surface area contributed by atoms with Crippen LogP contribution in [0.4, 0.5) is 0 Å². The van der Waals surface area contributed by atoms with Crippen LogP contribution < -0.4 is 5.69 Å². The van der Waals surface area contributed by atoms with E-state index < -0.39 is 0 Å². The molecule has 0 fully saturated rings. The number of carbonyl (C=O) groups is 1. The van der Waals surface area contributed by atoms with Crippen LogP contribution >= 0.6 is 27.3 Å². The highest BCUT2D eigenvalue weighted by molar-refractivity contribution is 9.10. The topological polar surface area (TPSA) is 69.3 Å². The number of nitrogens with zero attached hydrogens (tertiary/aromatic N) is 4. The number of carbonyl (C=O) groups excluding carboxylic acids is 1. The van der Waals surface area contributed by atoms with E-state index in [4.69, 9.17) is 0 Å². The van der Waals surface area contributed by atoms with Gasteiger partial charge in [-0.3, -0.25) is 9.36 Å². The summed E-state index contributed by atoms with van der Waals surface area (Å²) in [5.41, 5.74) is 2.12. The third kappa shape index (κ3) is 2.74. The number of rotatable bonds is 3. The Morgan fingerprint density at radius 2 is 2.11 bits per heavy atom. The Morgan fingerprint density at radius 1 is 1.32 bits per heavy atom. The van der Waals surface area contributed by atoms with E-state index in [9.17, 15) is 9.59 Å². The van der Waals surface area contributed by atoms with Crippen molar-refractivity contribution in [1.29, 1.82) is 0 Å². The molecule has 0 spiro atoms. The van der Waals surface area contributed by atoms with Gasteiger partial charge in [0, 0.05) is 14.9 Å². The second-order valence-electron chi connectivity index (χ2n) is 7.33. The van der Waals surface area contributed by atoms with Gasteiger partial charge in [0.2, 0.25) is 0 Å². The average Bonchev–Trinajstić information content (AvgIpc) is 3.29. The van der Waals surface area contributed by atoms with Gasteiger partial charge >= 0.3 is 5.69 Å². The van der Waals surface area contributed by atoms with Gasteiger partial charge in [-0.15, -0.1) is 11.3 Å². The lowest BCUT2D eigenvalue weighted by molar-refractivity contribution is 0.0972. The summed E-state index contributed by atoms with van der Waals surface area (Å²) in [6.45, 7) is 2.24. The van der Waals surface area contributed by atoms with Crippen molar-refractivity contribution >= 4 is 48.9 Å². The summed E-state index contributed by atoms with van der Waals surface area (Å²) >= 11 is 5.01. The zero-order valence-corrected chi connectivity index (χ0v) is 17.6. The van der Waals surface area contributed by atoms with Gasteiger partial charge in [-0.1, -0.05) is 35.0 Å². The minimum atomic E-state index is -0.322. The number of halogens is 1. The van der Waals surface area contributed by atoms with Gasteiger partial charge < -0.3 is 0 Å². The van der Waals surface area contributed by atoms with Crippen molar-refractivity contribution in [2.45, 2.75) is 32.7 Å². The van der Waals surface area contributed by atoms with Crippen molar-refractivity contribution in [1.82, 2.24) is 19.2 Å². The quantitative estimate of drug-likeness (QED) is 0.438. The maximum Gasteiger partial charge on any atom is 0.352 e. The predicted molar refractivity (Wildman–Crippen MR) is 112 cm³/mol. The van der Waals surface area contributed by atoms with Crippen molar-refractivity contribution in [2.75, 3.05) is 0 Å². The molecule has 8 heteroatoms. The van der Waals surface area contributed by atoms with Crippen molar-refractivity contribution in [3.63, 3.8) is 0 Å². The largest absolute Gasteiger partial charge is 0.352 e. The van der Waals surface area contributed by atoms with E-state index in [1.807, 2.05) is 12.1 Å². The smallest absolute Gasteiger partial charge is 0.292 e. The molecule has 0 amide bonds. The predicted octanol–water partition coefficient (Wildman–Crippen LogP) is 3.88. The van der Waals surface area contributed by atoms with E-state index in [0.29, 0.717) is 17.1 Å². The van der Waals surface area contributed by atoms with Crippen molar-refractivity contribution in [3.05, 3.63) is 61.6 Å². The zero-order valence-electron chi connectivity index (χ0n) is 15.2. The number of aromatic nitrogens is 4. The molecule has 0 bridgehead atoms. The molecular weight excluding hydrogens is 440 g/mol. The lowest BCUT2D eigenvalue weighted by Crippen LogP contribution is -2.30. The summed E-state index contributed by atoms with van der Waals surface area (Å²) in [4.78, 5) is 32.4. The van der Waals surface area contributed by atoms with Crippen LogP contribution in [-0.2, 0) is 19.4 Å². The molecule has 1 aromatic carbocycles. The van der Waals surface area contributed by atoms with E-state index in [2.05, 4.69) is 32.9 Å². The Kier molecular flexibility index (Phi) is 4.21. The molecule has 0 unspecified atom stereocenters. The molecule has 0 radical (unpaired) electrons. The number of ketones is 1. The average molecular weight is 457 g/mol. The normalized spacial score (nSPS) is 16.6. The molecular formula is C20H17BrN4O2S. The first kappa shape index (κ1) is 17.8. The molecule has 4 aromatic rings. The maximum absolute atomic E-state index is 13.1.